The molecule has 0 spiro atoms. The fraction of sp³-hybridized carbons (Fsp3) is 0.0156. The number of aromatic nitrogens is 4. The van der Waals surface area contributed by atoms with Crippen molar-refractivity contribution < 1.29 is 0 Å². The summed E-state index contributed by atoms with van der Waals surface area (Å²) in [6, 6.07) is 91.3. The maximum atomic E-state index is 5.29. The minimum Gasteiger partial charge on any atom is -0.278 e. The fourth-order valence-corrected chi connectivity index (χ4v) is 10.6. The summed E-state index contributed by atoms with van der Waals surface area (Å²) >= 11 is 0. The van der Waals surface area contributed by atoms with Crippen molar-refractivity contribution in [1.29, 1.82) is 0 Å². The minimum absolute atomic E-state index is 0.484. The third kappa shape index (κ3) is 6.41. The van der Waals surface area contributed by atoms with Gasteiger partial charge in [-0.2, -0.15) is 9.97 Å². The Balaban J connectivity index is 0.974. The molecule has 0 aliphatic heterocycles. The number of fused-ring (bicyclic) bond motifs is 6. The van der Waals surface area contributed by atoms with E-state index in [2.05, 4.69) is 247 Å². The third-order valence-corrected chi connectivity index (χ3v) is 13.8. The van der Waals surface area contributed by atoms with E-state index in [1.165, 1.54) is 33.4 Å². The highest BCUT2D eigenvalue weighted by Crippen LogP contribution is 2.56. The van der Waals surface area contributed by atoms with Crippen LogP contribution in [0, 0.1) is 0 Å². The van der Waals surface area contributed by atoms with Crippen LogP contribution in [0.4, 0.5) is 0 Å². The second-order valence-corrected chi connectivity index (χ2v) is 17.5. The Morgan fingerprint density at radius 3 is 1.31 bits per heavy atom. The average molecular weight is 867 g/mol. The first-order valence-electron chi connectivity index (χ1n) is 23.2. The summed E-state index contributed by atoms with van der Waals surface area (Å²) in [5, 5.41) is 2.26. The van der Waals surface area contributed by atoms with E-state index in [1.807, 2.05) is 12.1 Å². The number of benzene rings is 10. The second-order valence-electron chi connectivity index (χ2n) is 17.5. The summed E-state index contributed by atoms with van der Waals surface area (Å²) in [5.74, 6) is 1.78. The lowest BCUT2D eigenvalue weighted by Gasteiger charge is -2.34. The molecule has 0 radical (unpaired) electrons. The zero-order chi connectivity index (χ0) is 45.0. The third-order valence-electron chi connectivity index (χ3n) is 13.8. The van der Waals surface area contributed by atoms with E-state index in [1.54, 1.807) is 0 Å². The maximum Gasteiger partial charge on any atom is 0.238 e. The van der Waals surface area contributed by atoms with Crippen LogP contribution in [0.5, 0.6) is 0 Å². The van der Waals surface area contributed by atoms with Gasteiger partial charge in [-0.1, -0.05) is 231 Å². The Labute approximate surface area is 395 Å². The molecule has 2 heterocycles. The molecule has 2 aromatic heterocycles. The van der Waals surface area contributed by atoms with Crippen LogP contribution >= 0.6 is 0 Å². The molecule has 4 heteroatoms. The van der Waals surface area contributed by atoms with Crippen molar-refractivity contribution in [1.82, 2.24) is 19.5 Å². The molecule has 0 unspecified atom stereocenters. The predicted octanol–water partition coefficient (Wildman–Crippen LogP) is 15.7. The molecule has 0 fully saturated rings. The molecule has 0 bridgehead atoms. The Morgan fingerprint density at radius 1 is 0.279 bits per heavy atom. The highest BCUT2D eigenvalue weighted by molar-refractivity contribution is 6.10. The molecule has 68 heavy (non-hydrogen) atoms. The van der Waals surface area contributed by atoms with Gasteiger partial charge in [0.05, 0.1) is 16.4 Å². The van der Waals surface area contributed by atoms with Crippen LogP contribution in [0.25, 0.3) is 95.0 Å². The summed E-state index contributed by atoms with van der Waals surface area (Å²) < 4.78 is 2.20. The summed E-state index contributed by atoms with van der Waals surface area (Å²) in [4.78, 5) is 15.8. The zero-order valence-electron chi connectivity index (χ0n) is 37.0. The lowest BCUT2D eigenvalue weighted by atomic mass is 9.67. The highest BCUT2D eigenvalue weighted by Gasteiger charge is 2.46. The molecule has 0 amide bonds. The average Bonchev–Trinajstić information content (AvgIpc) is 3.92. The zero-order valence-corrected chi connectivity index (χ0v) is 37.0. The number of rotatable bonds is 8. The van der Waals surface area contributed by atoms with Crippen molar-refractivity contribution in [2.24, 2.45) is 0 Å². The smallest absolute Gasteiger partial charge is 0.238 e. The number of hydrogen-bond donors (Lipinski definition) is 0. The Morgan fingerprint density at radius 2 is 0.706 bits per heavy atom. The topological polar surface area (TPSA) is 43.6 Å². The van der Waals surface area contributed by atoms with Crippen LogP contribution in [-0.2, 0) is 5.41 Å². The van der Waals surface area contributed by atoms with Gasteiger partial charge in [-0.15, -0.1) is 0 Å². The molecule has 0 saturated carbocycles. The van der Waals surface area contributed by atoms with Gasteiger partial charge in [0, 0.05) is 21.9 Å². The first kappa shape index (κ1) is 39.4. The van der Waals surface area contributed by atoms with Crippen LogP contribution in [0.1, 0.15) is 22.3 Å². The van der Waals surface area contributed by atoms with Gasteiger partial charge >= 0.3 is 0 Å². The molecule has 4 nitrogen and oxygen atoms in total. The van der Waals surface area contributed by atoms with E-state index >= 15 is 0 Å². The fourth-order valence-electron chi connectivity index (χ4n) is 10.6. The monoisotopic (exact) mass is 866 g/mol. The highest BCUT2D eigenvalue weighted by atomic mass is 15.2. The Bertz CT molecular complexity index is 3670. The minimum atomic E-state index is -0.484. The summed E-state index contributed by atoms with van der Waals surface area (Å²) in [6.45, 7) is 0. The molecular formula is C64H42N4. The van der Waals surface area contributed by atoms with E-state index in [0.717, 1.165) is 66.3 Å². The van der Waals surface area contributed by atoms with Crippen LogP contribution in [0.15, 0.2) is 255 Å². The number of para-hydroxylation sites is 1. The molecule has 1 aliphatic rings. The van der Waals surface area contributed by atoms with Gasteiger partial charge in [0.2, 0.25) is 5.95 Å². The van der Waals surface area contributed by atoms with Gasteiger partial charge in [-0.25, -0.2) is 4.98 Å². The van der Waals surface area contributed by atoms with Gasteiger partial charge in [-0.3, -0.25) is 4.57 Å². The standard InChI is InChI=1S/C64H42N4/c1-5-17-43(18-6-1)45-29-33-47(34-30-45)61-65-62(48-35-31-46(32-36-48)44-19-7-2-8-20-44)67-63(66-61)68-59-28-16-14-26-55(59)56-41-49(38-40-60(56)68)50-37-39-54-53-25-13-15-27-57(53)64(58(54)42-50,51-21-9-3-10-22-51)52-23-11-4-12-24-52/h1-42H. The van der Waals surface area contributed by atoms with E-state index in [-0.39, 0.29) is 0 Å². The lowest BCUT2D eigenvalue weighted by molar-refractivity contribution is 0.769. The number of nitrogens with zero attached hydrogens (tertiary/aromatic N) is 4. The first-order chi connectivity index (χ1) is 33.7. The molecule has 0 atom stereocenters. The van der Waals surface area contributed by atoms with Crippen LogP contribution in [0.3, 0.4) is 0 Å². The Kier molecular flexibility index (Phi) is 9.36. The maximum absolute atomic E-state index is 5.29. The second kappa shape index (κ2) is 16.2. The van der Waals surface area contributed by atoms with Crippen molar-refractivity contribution in [2.75, 3.05) is 0 Å². The first-order valence-corrected chi connectivity index (χ1v) is 23.2. The molecule has 13 rings (SSSR count). The molecule has 12 aromatic rings. The van der Waals surface area contributed by atoms with Gasteiger partial charge in [0.1, 0.15) is 0 Å². The SMILES string of the molecule is c1ccc(-c2ccc(-c3nc(-c4ccc(-c5ccccc5)cc4)nc(-n4c5ccccc5c5cc(-c6ccc7c(c6)C(c6ccccc6)(c6ccccc6)c6ccccc6-7)ccc54)n3)cc2)cc1. The molecule has 10 aromatic carbocycles. The van der Waals surface area contributed by atoms with E-state index in [4.69, 9.17) is 15.0 Å². The Hall–Kier alpha value is -8.99. The van der Waals surface area contributed by atoms with Crippen molar-refractivity contribution in [3.63, 3.8) is 0 Å². The van der Waals surface area contributed by atoms with Gasteiger partial charge in [-0.05, 0) is 91.0 Å². The van der Waals surface area contributed by atoms with Gasteiger partial charge in [0.25, 0.3) is 0 Å². The van der Waals surface area contributed by atoms with Crippen molar-refractivity contribution in [2.45, 2.75) is 5.41 Å². The normalized spacial score (nSPS) is 12.5. The molecule has 0 saturated heterocycles. The van der Waals surface area contributed by atoms with Crippen molar-refractivity contribution in [3.05, 3.63) is 277 Å². The molecule has 318 valence electrons. The van der Waals surface area contributed by atoms with Crippen LogP contribution in [-0.4, -0.2) is 19.5 Å². The van der Waals surface area contributed by atoms with E-state index in [9.17, 15) is 0 Å². The molecule has 0 N–H and O–H groups in total. The van der Waals surface area contributed by atoms with Gasteiger partial charge in [0.15, 0.2) is 11.6 Å². The lowest BCUT2D eigenvalue weighted by Crippen LogP contribution is -2.28. The van der Waals surface area contributed by atoms with Crippen molar-refractivity contribution >= 4 is 21.8 Å². The largest absolute Gasteiger partial charge is 0.278 e. The van der Waals surface area contributed by atoms with Crippen LogP contribution < -0.4 is 0 Å². The van der Waals surface area contributed by atoms with E-state index in [0.29, 0.717) is 17.6 Å². The predicted molar refractivity (Wildman–Crippen MR) is 279 cm³/mol. The van der Waals surface area contributed by atoms with E-state index < -0.39 is 5.41 Å². The quantitative estimate of drug-likeness (QED) is 0.153. The molecular weight excluding hydrogens is 825 g/mol. The number of hydrogen-bond acceptors (Lipinski definition) is 3. The summed E-state index contributed by atoms with van der Waals surface area (Å²) in [6.07, 6.45) is 0. The van der Waals surface area contributed by atoms with Crippen molar-refractivity contribution in [3.8, 4) is 73.2 Å². The summed E-state index contributed by atoms with van der Waals surface area (Å²) in [5.41, 5.74) is 17.9. The van der Waals surface area contributed by atoms with Gasteiger partial charge < -0.3 is 0 Å². The van der Waals surface area contributed by atoms with Crippen LogP contribution in [0.2, 0.25) is 0 Å². The summed E-state index contributed by atoms with van der Waals surface area (Å²) in [7, 11) is 0. The molecule has 1 aliphatic carbocycles.